The highest BCUT2D eigenvalue weighted by Gasteiger charge is 2.16. The van der Waals surface area contributed by atoms with E-state index in [0.717, 1.165) is 22.6 Å². The maximum absolute atomic E-state index is 14.2. The van der Waals surface area contributed by atoms with E-state index in [0.29, 0.717) is 38.1 Å². The van der Waals surface area contributed by atoms with E-state index >= 15 is 0 Å². The summed E-state index contributed by atoms with van der Waals surface area (Å²) in [4.78, 5) is 0. The van der Waals surface area contributed by atoms with Crippen molar-refractivity contribution in [2.45, 2.75) is 26.9 Å². The first kappa shape index (κ1) is 24.5. The predicted octanol–water partition coefficient (Wildman–Crippen LogP) is 6.70. The van der Waals surface area contributed by atoms with Crippen molar-refractivity contribution in [1.82, 2.24) is 19.6 Å². The smallest absolute Gasteiger partial charge is 0.176 e. The molecule has 176 valence electrons. The summed E-state index contributed by atoms with van der Waals surface area (Å²) in [5.41, 5.74) is 3.53. The number of thiocarbonyl (C=S) groups is 1. The molecule has 0 saturated carbocycles. The second kappa shape index (κ2) is 10.3. The molecule has 11 heteroatoms. The van der Waals surface area contributed by atoms with Crippen LogP contribution in [-0.2, 0) is 13.1 Å². The van der Waals surface area contributed by atoms with Crippen molar-refractivity contribution in [1.29, 1.82) is 0 Å². The summed E-state index contributed by atoms with van der Waals surface area (Å²) in [6, 6.07) is 11.8. The Bertz CT molecular complexity index is 1350. The summed E-state index contributed by atoms with van der Waals surface area (Å²) < 4.78 is 17.6. The van der Waals surface area contributed by atoms with Crippen LogP contribution in [0.4, 0.5) is 15.9 Å². The maximum atomic E-state index is 14.2. The molecular weight excluding hydrogens is 518 g/mol. The largest absolute Gasteiger partial charge is 0.329 e. The van der Waals surface area contributed by atoms with Gasteiger partial charge in [-0.05, 0) is 55.9 Å². The second-order valence-corrected chi connectivity index (χ2v) is 9.28. The quantitative estimate of drug-likeness (QED) is 0.268. The Balaban J connectivity index is 1.43. The van der Waals surface area contributed by atoms with Gasteiger partial charge in [-0.1, -0.05) is 46.9 Å². The lowest BCUT2D eigenvalue weighted by molar-refractivity contribution is 0.579. The van der Waals surface area contributed by atoms with Crippen molar-refractivity contribution in [2.75, 3.05) is 10.6 Å². The molecule has 2 N–H and O–H groups in total. The van der Waals surface area contributed by atoms with Crippen molar-refractivity contribution < 1.29 is 4.39 Å². The lowest BCUT2D eigenvalue weighted by Gasteiger charge is -2.11. The molecule has 2 heterocycles. The molecule has 2 aromatic carbocycles. The summed E-state index contributed by atoms with van der Waals surface area (Å²) in [7, 11) is 0. The van der Waals surface area contributed by atoms with Crippen LogP contribution in [0, 0.1) is 19.7 Å². The number of hydrogen-bond acceptors (Lipinski definition) is 3. The zero-order valence-corrected chi connectivity index (χ0v) is 21.3. The Morgan fingerprint density at radius 1 is 1.00 bits per heavy atom. The third-order valence-corrected chi connectivity index (χ3v) is 6.36. The summed E-state index contributed by atoms with van der Waals surface area (Å²) in [5.74, 6) is 0.200. The van der Waals surface area contributed by atoms with E-state index in [1.54, 1.807) is 39.7 Å². The first-order chi connectivity index (χ1) is 16.2. The number of aromatic nitrogens is 4. The van der Waals surface area contributed by atoms with Gasteiger partial charge >= 0.3 is 0 Å². The summed E-state index contributed by atoms with van der Waals surface area (Å²) >= 11 is 23.9. The molecule has 0 fully saturated rings. The minimum absolute atomic E-state index is 0.206. The monoisotopic (exact) mass is 536 g/mol. The molecule has 4 rings (SSSR count). The lowest BCUT2D eigenvalue weighted by Crippen LogP contribution is -2.20. The molecular formula is C23H20Cl3FN6S. The molecule has 0 aliphatic heterocycles. The van der Waals surface area contributed by atoms with Crippen LogP contribution in [0.15, 0.2) is 48.7 Å². The van der Waals surface area contributed by atoms with Gasteiger partial charge in [-0.25, -0.2) is 4.39 Å². The maximum Gasteiger partial charge on any atom is 0.176 e. The standard InChI is InChI=1S/C23H20Cl3FN6S/c1-13-22(14(2)33(30-13)12-17-18(25)4-3-5-20(17)27)29-23(34)28-21-8-9-32(31-21)11-15-6-7-16(24)10-19(15)26/h3-10H,11-12H2,1-2H3,(H2,28,29,31,34). The Hall–Kier alpha value is -2.65. The molecule has 0 atom stereocenters. The van der Waals surface area contributed by atoms with Crippen LogP contribution in [-0.4, -0.2) is 24.7 Å². The van der Waals surface area contributed by atoms with E-state index in [1.807, 2.05) is 26.1 Å². The number of nitrogens with one attached hydrogen (secondary N) is 2. The zero-order chi connectivity index (χ0) is 24.4. The summed E-state index contributed by atoms with van der Waals surface area (Å²) in [6.07, 6.45) is 1.82. The average molecular weight is 538 g/mol. The number of halogens is 4. The molecule has 0 aliphatic carbocycles. The van der Waals surface area contributed by atoms with Gasteiger partial charge in [-0.15, -0.1) is 0 Å². The van der Waals surface area contributed by atoms with Crippen molar-refractivity contribution in [2.24, 2.45) is 0 Å². The van der Waals surface area contributed by atoms with Crippen molar-refractivity contribution in [3.05, 3.63) is 92.1 Å². The molecule has 0 bridgehead atoms. The highest BCUT2D eigenvalue weighted by atomic mass is 35.5. The van der Waals surface area contributed by atoms with Gasteiger partial charge in [0.15, 0.2) is 10.9 Å². The van der Waals surface area contributed by atoms with Gasteiger partial charge in [-0.2, -0.15) is 10.2 Å². The lowest BCUT2D eigenvalue weighted by atomic mass is 10.2. The predicted molar refractivity (Wildman–Crippen MR) is 140 cm³/mol. The fourth-order valence-corrected chi connectivity index (χ4v) is 4.36. The minimum Gasteiger partial charge on any atom is -0.329 e. The van der Waals surface area contributed by atoms with Crippen LogP contribution in [0.1, 0.15) is 22.5 Å². The van der Waals surface area contributed by atoms with E-state index in [9.17, 15) is 4.39 Å². The Labute approximate surface area is 216 Å². The van der Waals surface area contributed by atoms with Crippen molar-refractivity contribution >= 4 is 63.6 Å². The normalized spacial score (nSPS) is 11.0. The van der Waals surface area contributed by atoms with E-state index in [4.69, 9.17) is 47.0 Å². The Morgan fingerprint density at radius 3 is 2.53 bits per heavy atom. The van der Waals surface area contributed by atoms with Crippen LogP contribution in [0.25, 0.3) is 0 Å². The fourth-order valence-electron chi connectivity index (χ4n) is 3.47. The van der Waals surface area contributed by atoms with Gasteiger partial charge < -0.3 is 10.6 Å². The number of aryl methyl sites for hydroxylation is 1. The van der Waals surface area contributed by atoms with Gasteiger partial charge in [0, 0.05) is 32.9 Å². The molecule has 0 unspecified atom stereocenters. The summed E-state index contributed by atoms with van der Waals surface area (Å²) in [5, 5.41) is 17.1. The third kappa shape index (κ3) is 5.52. The fraction of sp³-hybridized carbons (Fsp3) is 0.174. The molecule has 0 radical (unpaired) electrons. The zero-order valence-electron chi connectivity index (χ0n) is 18.2. The SMILES string of the molecule is Cc1nn(Cc2c(F)cccc2Cl)c(C)c1NC(=S)Nc1ccn(Cc2ccc(Cl)cc2Cl)n1. The van der Waals surface area contributed by atoms with E-state index in [1.165, 1.54) is 6.07 Å². The molecule has 0 amide bonds. The first-order valence-electron chi connectivity index (χ1n) is 10.2. The van der Waals surface area contributed by atoms with Crippen LogP contribution >= 0.6 is 47.0 Å². The highest BCUT2D eigenvalue weighted by molar-refractivity contribution is 7.80. The first-order valence-corrected chi connectivity index (χ1v) is 11.8. The molecule has 0 spiro atoms. The highest BCUT2D eigenvalue weighted by Crippen LogP contribution is 2.25. The van der Waals surface area contributed by atoms with Crippen molar-refractivity contribution in [3.63, 3.8) is 0 Å². The van der Waals surface area contributed by atoms with Crippen LogP contribution in [0.3, 0.4) is 0 Å². The Morgan fingerprint density at radius 2 is 1.79 bits per heavy atom. The topological polar surface area (TPSA) is 59.7 Å². The van der Waals surface area contributed by atoms with Gasteiger partial charge in [0.25, 0.3) is 0 Å². The molecule has 0 saturated heterocycles. The third-order valence-electron chi connectivity index (χ3n) is 5.22. The number of nitrogens with zero attached hydrogens (tertiary/aromatic N) is 4. The van der Waals surface area contributed by atoms with Crippen LogP contribution in [0.2, 0.25) is 15.1 Å². The molecule has 34 heavy (non-hydrogen) atoms. The van der Waals surface area contributed by atoms with E-state index < -0.39 is 0 Å². The number of anilines is 2. The van der Waals surface area contributed by atoms with Crippen LogP contribution in [0.5, 0.6) is 0 Å². The molecule has 6 nitrogen and oxygen atoms in total. The molecule has 0 aliphatic rings. The van der Waals surface area contributed by atoms with Crippen molar-refractivity contribution in [3.8, 4) is 0 Å². The number of benzene rings is 2. The average Bonchev–Trinajstić information content (AvgIpc) is 3.32. The molecule has 2 aromatic heterocycles. The van der Waals surface area contributed by atoms with Gasteiger partial charge in [0.2, 0.25) is 0 Å². The van der Waals surface area contributed by atoms with Gasteiger partial charge in [0.05, 0.1) is 30.2 Å². The Kier molecular flexibility index (Phi) is 7.42. The number of rotatable bonds is 6. The van der Waals surface area contributed by atoms with Crippen LogP contribution < -0.4 is 10.6 Å². The second-order valence-electron chi connectivity index (χ2n) is 7.62. The summed E-state index contributed by atoms with van der Waals surface area (Å²) in [6.45, 7) is 4.42. The van der Waals surface area contributed by atoms with Gasteiger partial charge in [-0.3, -0.25) is 9.36 Å². The van der Waals surface area contributed by atoms with Gasteiger partial charge in [0.1, 0.15) is 5.82 Å². The molecule has 4 aromatic rings. The van der Waals surface area contributed by atoms with E-state index in [2.05, 4.69) is 20.8 Å². The number of hydrogen-bond donors (Lipinski definition) is 2. The minimum atomic E-state index is -0.373. The van der Waals surface area contributed by atoms with E-state index in [-0.39, 0.29) is 12.4 Å².